The van der Waals surface area contributed by atoms with Gasteiger partial charge in [0.1, 0.15) is 0 Å². The summed E-state index contributed by atoms with van der Waals surface area (Å²) in [6, 6.07) is 0. The molecule has 5 atom stereocenters. The van der Waals surface area contributed by atoms with Crippen LogP contribution in [0.15, 0.2) is 0 Å². The molecule has 0 aliphatic heterocycles. The molecule has 3 aliphatic carbocycles. The van der Waals surface area contributed by atoms with Crippen LogP contribution < -0.4 is 0 Å². The molecule has 0 N–H and O–H groups in total. The molecule has 19 heavy (non-hydrogen) atoms. The van der Waals surface area contributed by atoms with E-state index in [0.717, 1.165) is 35.5 Å². The van der Waals surface area contributed by atoms with Gasteiger partial charge in [-0.3, -0.25) is 0 Å². The Bertz CT molecular complexity index is 243. The number of rotatable bonds is 1. The number of hydrogen-bond donors (Lipinski definition) is 0. The second-order valence-corrected chi connectivity index (χ2v) is 8.29. The van der Waals surface area contributed by atoms with Crippen molar-refractivity contribution in [3.63, 3.8) is 0 Å². The van der Waals surface area contributed by atoms with Gasteiger partial charge in [0.2, 0.25) is 0 Å². The molecular formula is C19H36. The van der Waals surface area contributed by atoms with E-state index in [1.807, 2.05) is 0 Å². The molecule has 112 valence electrons. The van der Waals surface area contributed by atoms with Gasteiger partial charge < -0.3 is 0 Å². The van der Waals surface area contributed by atoms with Crippen molar-refractivity contribution >= 4 is 0 Å². The lowest BCUT2D eigenvalue weighted by Gasteiger charge is -2.22. The van der Waals surface area contributed by atoms with Gasteiger partial charge in [0.15, 0.2) is 0 Å². The lowest BCUT2D eigenvalue weighted by atomic mass is 9.84. The van der Waals surface area contributed by atoms with Crippen LogP contribution in [0.2, 0.25) is 0 Å². The normalized spacial score (nSPS) is 43.3. The van der Waals surface area contributed by atoms with E-state index in [2.05, 4.69) is 27.7 Å². The molecule has 0 heteroatoms. The summed E-state index contributed by atoms with van der Waals surface area (Å²) in [5, 5.41) is 0. The third-order valence-electron chi connectivity index (χ3n) is 6.14. The molecular weight excluding hydrogens is 228 g/mol. The predicted octanol–water partition coefficient (Wildman–Crippen LogP) is 6.30. The Hall–Kier alpha value is 0. The summed E-state index contributed by atoms with van der Waals surface area (Å²) in [4.78, 5) is 0. The number of hydrogen-bond acceptors (Lipinski definition) is 0. The standard InChI is InChI=1S/C12H22.C7H14/c1-9-7-10(2)12(8-9)11-5-3-4-6-11;1-6-3-4-7(2)5-6/h9-12H,3-8H2,1-2H3;6-7H,3-5H2,1-2H3/t9-,10+,12+;6-,7-/m00/s1. The molecule has 0 saturated heterocycles. The molecule has 3 saturated carbocycles. The van der Waals surface area contributed by atoms with E-state index in [9.17, 15) is 0 Å². The quantitative estimate of drug-likeness (QED) is 0.521. The van der Waals surface area contributed by atoms with Crippen molar-refractivity contribution in [3.8, 4) is 0 Å². The first-order valence-corrected chi connectivity index (χ1v) is 9.06. The van der Waals surface area contributed by atoms with Crippen molar-refractivity contribution < 1.29 is 0 Å². The molecule has 0 amide bonds. The lowest BCUT2D eigenvalue weighted by Crippen LogP contribution is -2.13. The van der Waals surface area contributed by atoms with Crippen LogP contribution in [0.4, 0.5) is 0 Å². The van der Waals surface area contributed by atoms with Crippen molar-refractivity contribution in [3.05, 3.63) is 0 Å². The van der Waals surface area contributed by atoms with Gasteiger partial charge in [0.05, 0.1) is 0 Å². The first-order chi connectivity index (χ1) is 9.06. The summed E-state index contributed by atoms with van der Waals surface area (Å²) >= 11 is 0. The first kappa shape index (κ1) is 15.4. The smallest absolute Gasteiger partial charge is 0.0357 e. The molecule has 3 rings (SSSR count). The SMILES string of the molecule is C[C@H]1CC[C@H](C)C1.C[C@H]1C[C@@H](C)[C@H](C2CCCC2)C1. The van der Waals surface area contributed by atoms with E-state index < -0.39 is 0 Å². The van der Waals surface area contributed by atoms with Crippen molar-refractivity contribution in [1.82, 2.24) is 0 Å². The Morgan fingerprint density at radius 2 is 1.16 bits per heavy atom. The fourth-order valence-corrected chi connectivity index (χ4v) is 5.14. The van der Waals surface area contributed by atoms with E-state index >= 15 is 0 Å². The lowest BCUT2D eigenvalue weighted by molar-refractivity contribution is 0.278. The second kappa shape index (κ2) is 7.14. The zero-order valence-corrected chi connectivity index (χ0v) is 13.8. The molecule has 0 radical (unpaired) electrons. The van der Waals surface area contributed by atoms with E-state index in [0.29, 0.717) is 0 Å². The Kier molecular flexibility index (Phi) is 5.78. The zero-order chi connectivity index (χ0) is 13.8. The first-order valence-electron chi connectivity index (χ1n) is 9.06. The largest absolute Gasteiger partial charge is 0.0625 e. The van der Waals surface area contributed by atoms with E-state index in [1.54, 1.807) is 12.8 Å². The van der Waals surface area contributed by atoms with Crippen LogP contribution in [0.1, 0.15) is 85.5 Å². The van der Waals surface area contributed by atoms with Gasteiger partial charge in [-0.05, 0) is 54.8 Å². The molecule has 0 aromatic carbocycles. The van der Waals surface area contributed by atoms with Crippen LogP contribution >= 0.6 is 0 Å². The summed E-state index contributed by atoms with van der Waals surface area (Å²) in [5.41, 5.74) is 0. The third-order valence-corrected chi connectivity index (χ3v) is 6.14. The maximum absolute atomic E-state index is 2.48. The van der Waals surface area contributed by atoms with Crippen molar-refractivity contribution in [1.29, 1.82) is 0 Å². The van der Waals surface area contributed by atoms with Crippen LogP contribution in [0.3, 0.4) is 0 Å². The van der Waals surface area contributed by atoms with Gasteiger partial charge in [0, 0.05) is 0 Å². The summed E-state index contributed by atoms with van der Waals surface area (Å²) in [7, 11) is 0. The average Bonchev–Trinajstić information content (AvgIpc) is 3.03. The Morgan fingerprint density at radius 1 is 0.579 bits per heavy atom. The summed E-state index contributed by atoms with van der Waals surface area (Å²) in [5.74, 6) is 6.31. The molecule has 3 fully saturated rings. The maximum atomic E-state index is 2.48. The van der Waals surface area contributed by atoms with Gasteiger partial charge in [-0.1, -0.05) is 66.2 Å². The van der Waals surface area contributed by atoms with Gasteiger partial charge in [-0.2, -0.15) is 0 Å². The highest BCUT2D eigenvalue weighted by molar-refractivity contribution is 4.85. The average molecular weight is 264 g/mol. The fourth-order valence-electron chi connectivity index (χ4n) is 5.14. The summed E-state index contributed by atoms with van der Waals surface area (Å²) < 4.78 is 0. The van der Waals surface area contributed by atoms with E-state index in [1.165, 1.54) is 44.9 Å². The van der Waals surface area contributed by atoms with E-state index in [4.69, 9.17) is 0 Å². The molecule has 3 aliphatic rings. The topological polar surface area (TPSA) is 0 Å². The second-order valence-electron chi connectivity index (χ2n) is 8.29. The maximum Gasteiger partial charge on any atom is -0.0357 e. The highest BCUT2D eigenvalue weighted by Gasteiger charge is 2.35. The minimum Gasteiger partial charge on any atom is -0.0625 e. The minimum absolute atomic E-state index is 1.02. The molecule has 0 aromatic heterocycles. The molecule has 0 bridgehead atoms. The van der Waals surface area contributed by atoms with Crippen molar-refractivity contribution in [2.75, 3.05) is 0 Å². The summed E-state index contributed by atoms with van der Waals surface area (Å²) in [6.07, 6.45) is 13.6. The fraction of sp³-hybridized carbons (Fsp3) is 1.00. The van der Waals surface area contributed by atoms with Crippen LogP contribution in [0.25, 0.3) is 0 Å². The monoisotopic (exact) mass is 264 g/mol. The minimum atomic E-state index is 1.02. The molecule has 0 spiro atoms. The molecule has 0 aromatic rings. The molecule has 0 nitrogen and oxygen atoms in total. The molecule has 0 unspecified atom stereocenters. The van der Waals surface area contributed by atoms with Crippen LogP contribution in [0.5, 0.6) is 0 Å². The Morgan fingerprint density at radius 3 is 1.53 bits per heavy atom. The zero-order valence-electron chi connectivity index (χ0n) is 13.8. The van der Waals surface area contributed by atoms with E-state index in [-0.39, 0.29) is 0 Å². The predicted molar refractivity (Wildman–Crippen MR) is 85.2 cm³/mol. The van der Waals surface area contributed by atoms with Gasteiger partial charge in [-0.15, -0.1) is 0 Å². The van der Waals surface area contributed by atoms with Gasteiger partial charge in [-0.25, -0.2) is 0 Å². The van der Waals surface area contributed by atoms with Crippen molar-refractivity contribution in [2.24, 2.45) is 35.5 Å². The highest BCUT2D eigenvalue weighted by atomic mass is 14.4. The third kappa shape index (κ3) is 4.50. The summed E-state index contributed by atoms with van der Waals surface area (Å²) in [6.45, 7) is 9.62. The van der Waals surface area contributed by atoms with Gasteiger partial charge >= 0.3 is 0 Å². The Labute approximate surface area is 121 Å². The van der Waals surface area contributed by atoms with Crippen LogP contribution in [-0.2, 0) is 0 Å². The highest BCUT2D eigenvalue weighted by Crippen LogP contribution is 2.45. The van der Waals surface area contributed by atoms with Crippen molar-refractivity contribution in [2.45, 2.75) is 85.5 Å². The Balaban J connectivity index is 0.000000163. The molecule has 0 heterocycles. The van der Waals surface area contributed by atoms with Crippen LogP contribution in [0, 0.1) is 35.5 Å². The van der Waals surface area contributed by atoms with Gasteiger partial charge in [0.25, 0.3) is 0 Å². The van der Waals surface area contributed by atoms with Crippen LogP contribution in [-0.4, -0.2) is 0 Å².